The van der Waals surface area contributed by atoms with E-state index in [0.29, 0.717) is 25.8 Å². The summed E-state index contributed by atoms with van der Waals surface area (Å²) in [6.45, 7) is 6.07. The molecule has 3 N–H and O–H groups in total. The SMILES string of the molecule is C=CCCC(NC(=O)OCC1c2ccccc2-c2ccccc21)C(=O)NCC(C)CCC(=O)O. The van der Waals surface area contributed by atoms with E-state index in [4.69, 9.17) is 9.84 Å². The lowest BCUT2D eigenvalue weighted by Crippen LogP contribution is -2.47. The molecule has 1 aliphatic carbocycles. The van der Waals surface area contributed by atoms with Gasteiger partial charge in [-0.25, -0.2) is 4.79 Å². The molecule has 0 aliphatic heterocycles. The summed E-state index contributed by atoms with van der Waals surface area (Å²) in [6.07, 6.45) is 2.50. The predicted molar refractivity (Wildman–Crippen MR) is 130 cm³/mol. The van der Waals surface area contributed by atoms with Gasteiger partial charge in [-0.15, -0.1) is 6.58 Å². The van der Waals surface area contributed by atoms with Crippen LogP contribution in [0.5, 0.6) is 0 Å². The van der Waals surface area contributed by atoms with Gasteiger partial charge in [0.15, 0.2) is 0 Å². The summed E-state index contributed by atoms with van der Waals surface area (Å²) in [7, 11) is 0. The molecule has 0 bridgehead atoms. The highest BCUT2D eigenvalue weighted by atomic mass is 16.5. The van der Waals surface area contributed by atoms with E-state index in [-0.39, 0.29) is 30.8 Å². The van der Waals surface area contributed by atoms with Gasteiger partial charge >= 0.3 is 12.1 Å². The Morgan fingerprint density at radius 1 is 1.06 bits per heavy atom. The van der Waals surface area contributed by atoms with Gasteiger partial charge in [-0.3, -0.25) is 9.59 Å². The van der Waals surface area contributed by atoms with Crippen molar-refractivity contribution in [3.8, 4) is 11.1 Å². The molecule has 0 fully saturated rings. The molecule has 2 unspecified atom stereocenters. The minimum atomic E-state index is -0.862. The summed E-state index contributed by atoms with van der Waals surface area (Å²) >= 11 is 0. The first-order valence-electron chi connectivity index (χ1n) is 11.6. The van der Waals surface area contributed by atoms with Crippen LogP contribution in [0.25, 0.3) is 11.1 Å². The summed E-state index contributed by atoms with van der Waals surface area (Å²) in [4.78, 5) is 36.0. The van der Waals surface area contributed by atoms with Crippen LogP contribution in [0.2, 0.25) is 0 Å². The van der Waals surface area contributed by atoms with E-state index in [1.54, 1.807) is 6.08 Å². The van der Waals surface area contributed by atoms with Crippen LogP contribution < -0.4 is 10.6 Å². The van der Waals surface area contributed by atoms with E-state index in [9.17, 15) is 14.4 Å². The summed E-state index contributed by atoms with van der Waals surface area (Å²) < 4.78 is 5.57. The molecule has 2 aromatic rings. The lowest BCUT2D eigenvalue weighted by molar-refractivity contribution is -0.137. The van der Waals surface area contributed by atoms with Crippen LogP contribution in [0.15, 0.2) is 61.2 Å². The molecule has 2 atom stereocenters. The number of amides is 2. The van der Waals surface area contributed by atoms with Crippen LogP contribution in [0.1, 0.15) is 49.7 Å². The number of allylic oxidation sites excluding steroid dienone is 1. The molecule has 0 saturated heterocycles. The fourth-order valence-corrected chi connectivity index (χ4v) is 4.21. The number of alkyl carbamates (subject to hydrolysis) is 1. The number of hydrogen-bond donors (Lipinski definition) is 3. The van der Waals surface area contributed by atoms with E-state index in [1.807, 2.05) is 43.3 Å². The molecule has 180 valence electrons. The molecule has 2 amide bonds. The zero-order chi connectivity index (χ0) is 24.5. The van der Waals surface area contributed by atoms with Gasteiger partial charge in [0.1, 0.15) is 12.6 Å². The zero-order valence-electron chi connectivity index (χ0n) is 19.5. The molecule has 0 radical (unpaired) electrons. The van der Waals surface area contributed by atoms with Crippen molar-refractivity contribution in [3.63, 3.8) is 0 Å². The lowest BCUT2D eigenvalue weighted by Gasteiger charge is -2.20. The molecule has 0 aromatic heterocycles. The van der Waals surface area contributed by atoms with Crippen molar-refractivity contribution in [2.75, 3.05) is 13.2 Å². The number of carbonyl (C=O) groups is 3. The highest BCUT2D eigenvalue weighted by Crippen LogP contribution is 2.44. The molecule has 7 heteroatoms. The van der Waals surface area contributed by atoms with Gasteiger partial charge in [-0.2, -0.15) is 0 Å². The minimum absolute atomic E-state index is 0.00885. The van der Waals surface area contributed by atoms with Crippen molar-refractivity contribution < 1.29 is 24.2 Å². The highest BCUT2D eigenvalue weighted by Gasteiger charge is 2.29. The number of hydrogen-bond acceptors (Lipinski definition) is 4. The van der Waals surface area contributed by atoms with Gasteiger partial charge < -0.3 is 20.5 Å². The number of nitrogens with one attached hydrogen (secondary N) is 2. The summed E-state index contributed by atoms with van der Waals surface area (Å²) in [5.41, 5.74) is 4.53. The number of carbonyl (C=O) groups excluding carboxylic acids is 2. The molecule has 0 heterocycles. The maximum absolute atomic E-state index is 12.7. The smallest absolute Gasteiger partial charge is 0.407 e. The second-order valence-corrected chi connectivity index (χ2v) is 8.67. The Hall–Kier alpha value is -3.61. The Balaban J connectivity index is 1.57. The van der Waals surface area contributed by atoms with Gasteiger partial charge in [0.25, 0.3) is 0 Å². The number of benzene rings is 2. The number of carboxylic acid groups (broad SMARTS) is 1. The molecule has 2 aromatic carbocycles. The fourth-order valence-electron chi connectivity index (χ4n) is 4.21. The first-order chi connectivity index (χ1) is 16.4. The molecular weight excluding hydrogens is 432 g/mol. The number of aliphatic carboxylic acids is 1. The first kappa shape index (κ1) is 25.0. The molecule has 0 saturated carbocycles. The van der Waals surface area contributed by atoms with Crippen molar-refractivity contribution in [1.29, 1.82) is 0 Å². The van der Waals surface area contributed by atoms with Crippen LogP contribution in [-0.2, 0) is 14.3 Å². The second kappa shape index (κ2) is 12.0. The molecule has 7 nitrogen and oxygen atoms in total. The summed E-state index contributed by atoms with van der Waals surface area (Å²) in [5.74, 6) is -1.24. The van der Waals surface area contributed by atoms with Gasteiger partial charge in [0.05, 0.1) is 0 Å². The van der Waals surface area contributed by atoms with Crippen LogP contribution in [0.4, 0.5) is 4.79 Å². The third-order valence-corrected chi connectivity index (χ3v) is 6.09. The lowest BCUT2D eigenvalue weighted by atomic mass is 9.98. The predicted octanol–water partition coefficient (Wildman–Crippen LogP) is 4.48. The van der Waals surface area contributed by atoms with Gasteiger partial charge in [0, 0.05) is 18.9 Å². The zero-order valence-corrected chi connectivity index (χ0v) is 19.5. The van der Waals surface area contributed by atoms with Crippen molar-refractivity contribution in [2.24, 2.45) is 5.92 Å². The van der Waals surface area contributed by atoms with E-state index >= 15 is 0 Å². The Bertz CT molecular complexity index is 990. The van der Waals surface area contributed by atoms with Crippen LogP contribution in [0, 0.1) is 5.92 Å². The maximum Gasteiger partial charge on any atom is 0.407 e. The third-order valence-electron chi connectivity index (χ3n) is 6.09. The topological polar surface area (TPSA) is 105 Å². The number of ether oxygens (including phenoxy) is 1. The van der Waals surface area contributed by atoms with Crippen molar-refractivity contribution in [2.45, 2.75) is 44.6 Å². The van der Waals surface area contributed by atoms with Gasteiger partial charge in [-0.05, 0) is 47.4 Å². The minimum Gasteiger partial charge on any atom is -0.481 e. The van der Waals surface area contributed by atoms with E-state index in [1.165, 1.54) is 0 Å². The van der Waals surface area contributed by atoms with Crippen LogP contribution >= 0.6 is 0 Å². The van der Waals surface area contributed by atoms with E-state index in [0.717, 1.165) is 22.3 Å². The van der Waals surface area contributed by atoms with Crippen LogP contribution in [0.3, 0.4) is 0 Å². The monoisotopic (exact) mass is 464 g/mol. The van der Waals surface area contributed by atoms with Crippen molar-refractivity contribution >= 4 is 18.0 Å². The third kappa shape index (κ3) is 6.47. The first-order valence-corrected chi connectivity index (χ1v) is 11.6. The second-order valence-electron chi connectivity index (χ2n) is 8.67. The molecular formula is C27H32N2O5. The highest BCUT2D eigenvalue weighted by molar-refractivity contribution is 5.85. The van der Waals surface area contributed by atoms with Crippen molar-refractivity contribution in [1.82, 2.24) is 10.6 Å². The van der Waals surface area contributed by atoms with Crippen LogP contribution in [-0.4, -0.2) is 42.3 Å². The Labute approximate surface area is 200 Å². The quantitative estimate of drug-likeness (QED) is 0.402. The van der Waals surface area contributed by atoms with Crippen molar-refractivity contribution in [3.05, 3.63) is 72.3 Å². The summed E-state index contributed by atoms with van der Waals surface area (Å²) in [6, 6.07) is 15.4. The summed E-state index contributed by atoms with van der Waals surface area (Å²) in [5, 5.41) is 14.3. The van der Waals surface area contributed by atoms with Gasteiger partial charge in [0.2, 0.25) is 5.91 Å². The number of rotatable bonds is 12. The fraction of sp³-hybridized carbons (Fsp3) is 0.370. The van der Waals surface area contributed by atoms with Gasteiger partial charge in [-0.1, -0.05) is 61.5 Å². The van der Waals surface area contributed by atoms with E-state index < -0.39 is 18.1 Å². The molecule has 0 spiro atoms. The molecule has 3 rings (SSSR count). The Morgan fingerprint density at radius 2 is 1.68 bits per heavy atom. The maximum atomic E-state index is 12.7. The molecule has 1 aliphatic rings. The van der Waals surface area contributed by atoms with E-state index in [2.05, 4.69) is 29.3 Å². The standard InChI is InChI=1S/C27H32N2O5/c1-3-4-13-24(26(32)28-16-18(2)14-15-25(30)31)29-27(33)34-17-23-21-11-7-5-9-19(21)20-10-6-8-12-22(20)23/h3,5-12,18,23-24H,1,4,13-17H2,2H3,(H,28,32)(H,29,33)(H,30,31). The number of fused-ring (bicyclic) bond motifs is 3. The average Bonchev–Trinajstić information content (AvgIpc) is 3.16. The number of carboxylic acids is 1. The normalized spacial score (nSPS) is 13.8. The largest absolute Gasteiger partial charge is 0.481 e. The Morgan fingerprint density at radius 3 is 2.26 bits per heavy atom. The average molecular weight is 465 g/mol. The Kier molecular flexibility index (Phi) is 8.85. The molecule has 34 heavy (non-hydrogen) atoms.